The molecular formula is C17H17F3N3+. The van der Waals surface area contributed by atoms with Crippen LogP contribution in [-0.4, -0.2) is 15.7 Å². The third-order valence-electron chi connectivity index (χ3n) is 3.81. The van der Waals surface area contributed by atoms with Gasteiger partial charge in [-0.25, -0.2) is 4.98 Å². The van der Waals surface area contributed by atoms with Gasteiger partial charge >= 0.3 is 6.18 Å². The molecule has 120 valence electrons. The van der Waals surface area contributed by atoms with Gasteiger partial charge in [0.1, 0.15) is 5.82 Å². The fourth-order valence-electron chi connectivity index (χ4n) is 2.61. The van der Waals surface area contributed by atoms with Gasteiger partial charge in [-0.1, -0.05) is 30.3 Å². The minimum absolute atomic E-state index is 0.104. The van der Waals surface area contributed by atoms with Crippen LogP contribution >= 0.6 is 0 Å². The van der Waals surface area contributed by atoms with Crippen molar-refractivity contribution in [1.29, 1.82) is 0 Å². The van der Waals surface area contributed by atoms with Gasteiger partial charge in [0.2, 0.25) is 0 Å². The topological polar surface area (TPSA) is 21.7 Å². The molecule has 0 saturated heterocycles. The SMILES string of the molecule is Cn1c(CCC(F)(F)F)nc2c[n+](Cc3ccccc3)ccc21. The third-order valence-corrected chi connectivity index (χ3v) is 3.81. The number of hydrogen-bond acceptors (Lipinski definition) is 1. The minimum atomic E-state index is -4.16. The number of pyridine rings is 1. The Morgan fingerprint density at radius 3 is 2.57 bits per heavy atom. The molecule has 0 unspecified atom stereocenters. The highest BCUT2D eigenvalue weighted by Crippen LogP contribution is 2.23. The normalized spacial score (nSPS) is 12.0. The molecule has 23 heavy (non-hydrogen) atoms. The Morgan fingerprint density at radius 2 is 1.87 bits per heavy atom. The highest BCUT2D eigenvalue weighted by molar-refractivity contribution is 5.73. The maximum Gasteiger partial charge on any atom is 0.389 e. The number of halogens is 3. The van der Waals surface area contributed by atoms with Crippen molar-refractivity contribution >= 4 is 11.0 Å². The van der Waals surface area contributed by atoms with E-state index in [1.54, 1.807) is 11.6 Å². The summed E-state index contributed by atoms with van der Waals surface area (Å²) in [6.07, 6.45) is -1.32. The van der Waals surface area contributed by atoms with E-state index in [-0.39, 0.29) is 6.42 Å². The van der Waals surface area contributed by atoms with E-state index in [4.69, 9.17) is 0 Å². The smallest absolute Gasteiger partial charge is 0.331 e. The lowest BCUT2D eigenvalue weighted by Gasteiger charge is -2.05. The molecule has 3 rings (SSSR count). The molecule has 0 atom stereocenters. The van der Waals surface area contributed by atoms with Crippen LogP contribution in [0.25, 0.3) is 11.0 Å². The summed E-state index contributed by atoms with van der Waals surface area (Å²) in [5.74, 6) is 0.454. The van der Waals surface area contributed by atoms with Crippen LogP contribution in [0.1, 0.15) is 17.8 Å². The Balaban J connectivity index is 1.85. The first kappa shape index (κ1) is 15.5. The molecule has 0 spiro atoms. The van der Waals surface area contributed by atoms with Crippen molar-refractivity contribution in [1.82, 2.24) is 9.55 Å². The molecule has 0 aliphatic carbocycles. The van der Waals surface area contributed by atoms with E-state index < -0.39 is 12.6 Å². The standard InChI is InChI=1S/C17H17F3N3/c1-22-15-8-10-23(11-13-5-3-2-4-6-13)12-14(15)21-16(22)7-9-17(18,19)20/h2-6,8,10,12H,7,9,11H2,1H3/q+1. The summed E-state index contributed by atoms with van der Waals surface area (Å²) in [5, 5.41) is 0. The van der Waals surface area contributed by atoms with Gasteiger partial charge in [0, 0.05) is 25.1 Å². The average Bonchev–Trinajstić information content (AvgIpc) is 2.81. The van der Waals surface area contributed by atoms with Crippen LogP contribution in [0, 0.1) is 0 Å². The quantitative estimate of drug-likeness (QED) is 0.675. The summed E-state index contributed by atoms with van der Waals surface area (Å²) in [6.45, 7) is 0.700. The van der Waals surface area contributed by atoms with Crippen LogP contribution in [-0.2, 0) is 20.0 Å². The first-order chi connectivity index (χ1) is 10.9. The zero-order chi connectivity index (χ0) is 16.4. The molecule has 0 amide bonds. The van der Waals surface area contributed by atoms with Crippen molar-refractivity contribution in [3.63, 3.8) is 0 Å². The van der Waals surface area contributed by atoms with E-state index in [1.165, 1.54) is 0 Å². The monoisotopic (exact) mass is 320 g/mol. The second kappa shape index (κ2) is 6.02. The number of rotatable bonds is 4. The Labute approximate surface area is 132 Å². The second-order valence-electron chi connectivity index (χ2n) is 5.58. The number of alkyl halides is 3. The highest BCUT2D eigenvalue weighted by atomic mass is 19.4. The Bertz CT molecular complexity index is 807. The van der Waals surface area contributed by atoms with Crippen LogP contribution in [0.4, 0.5) is 13.2 Å². The Hall–Kier alpha value is -2.37. The Morgan fingerprint density at radius 1 is 1.13 bits per heavy atom. The first-order valence-corrected chi connectivity index (χ1v) is 7.37. The van der Waals surface area contributed by atoms with Crippen LogP contribution in [0.15, 0.2) is 48.8 Å². The first-order valence-electron chi connectivity index (χ1n) is 7.37. The van der Waals surface area contributed by atoms with Gasteiger partial charge in [-0.3, -0.25) is 0 Å². The maximum absolute atomic E-state index is 12.4. The van der Waals surface area contributed by atoms with Crippen molar-refractivity contribution < 1.29 is 17.7 Å². The van der Waals surface area contributed by atoms with E-state index in [1.807, 2.05) is 53.4 Å². The summed E-state index contributed by atoms with van der Waals surface area (Å²) in [4.78, 5) is 4.36. The van der Waals surface area contributed by atoms with Gasteiger partial charge in [-0.2, -0.15) is 17.7 Å². The minimum Gasteiger partial charge on any atom is -0.331 e. The van der Waals surface area contributed by atoms with Crippen molar-refractivity contribution in [3.8, 4) is 0 Å². The van der Waals surface area contributed by atoms with Crippen molar-refractivity contribution in [3.05, 3.63) is 60.2 Å². The van der Waals surface area contributed by atoms with Gasteiger partial charge in [0.15, 0.2) is 24.5 Å². The molecular weight excluding hydrogens is 303 g/mol. The molecule has 3 nitrogen and oxygen atoms in total. The molecule has 0 radical (unpaired) electrons. The summed E-state index contributed by atoms with van der Waals surface area (Å²) in [6, 6.07) is 11.9. The number of imidazole rings is 1. The van der Waals surface area contributed by atoms with Crippen molar-refractivity contribution in [2.75, 3.05) is 0 Å². The number of hydrogen-bond donors (Lipinski definition) is 0. The zero-order valence-corrected chi connectivity index (χ0v) is 12.7. The number of benzene rings is 1. The predicted octanol–water partition coefficient (Wildman–Crippen LogP) is 3.40. The predicted molar refractivity (Wildman–Crippen MR) is 80.8 cm³/mol. The number of aryl methyl sites for hydroxylation is 2. The number of fused-ring (bicyclic) bond motifs is 1. The highest BCUT2D eigenvalue weighted by Gasteiger charge is 2.27. The van der Waals surface area contributed by atoms with Crippen molar-refractivity contribution in [2.24, 2.45) is 7.05 Å². The molecule has 6 heteroatoms. The lowest BCUT2D eigenvalue weighted by atomic mass is 10.2. The largest absolute Gasteiger partial charge is 0.389 e. The van der Waals surface area contributed by atoms with Crippen LogP contribution in [0.3, 0.4) is 0 Å². The maximum atomic E-state index is 12.4. The second-order valence-corrected chi connectivity index (χ2v) is 5.58. The van der Waals surface area contributed by atoms with Gasteiger partial charge in [-0.15, -0.1) is 0 Å². The van der Waals surface area contributed by atoms with Crippen molar-refractivity contribution in [2.45, 2.75) is 25.6 Å². The molecule has 1 aromatic carbocycles. The van der Waals surface area contributed by atoms with Gasteiger partial charge in [0.25, 0.3) is 0 Å². The molecule has 0 N–H and O–H groups in total. The van der Waals surface area contributed by atoms with Crippen LogP contribution in [0.5, 0.6) is 0 Å². The fourth-order valence-corrected chi connectivity index (χ4v) is 2.61. The lowest BCUT2D eigenvalue weighted by molar-refractivity contribution is -0.687. The summed E-state index contributed by atoms with van der Waals surface area (Å²) in [5.41, 5.74) is 2.71. The molecule has 3 aromatic rings. The van der Waals surface area contributed by atoms with E-state index in [9.17, 15) is 13.2 Å². The molecule has 0 saturated carbocycles. The van der Waals surface area contributed by atoms with E-state index in [2.05, 4.69) is 4.98 Å². The summed E-state index contributed by atoms with van der Waals surface area (Å²) in [7, 11) is 1.75. The average molecular weight is 320 g/mol. The molecule has 0 bridgehead atoms. The van der Waals surface area contributed by atoms with E-state index in [0.29, 0.717) is 17.9 Å². The Kier molecular flexibility index (Phi) is 4.07. The van der Waals surface area contributed by atoms with Crippen LogP contribution in [0.2, 0.25) is 0 Å². The molecule has 0 aliphatic heterocycles. The number of aromatic nitrogens is 3. The zero-order valence-electron chi connectivity index (χ0n) is 12.7. The summed E-state index contributed by atoms with van der Waals surface area (Å²) < 4.78 is 40.9. The van der Waals surface area contributed by atoms with E-state index in [0.717, 1.165) is 11.1 Å². The number of nitrogens with zero attached hydrogens (tertiary/aromatic N) is 3. The third kappa shape index (κ3) is 3.70. The molecule has 2 heterocycles. The van der Waals surface area contributed by atoms with Crippen LogP contribution < -0.4 is 4.57 Å². The molecule has 2 aromatic heterocycles. The van der Waals surface area contributed by atoms with E-state index >= 15 is 0 Å². The van der Waals surface area contributed by atoms with Gasteiger partial charge < -0.3 is 4.57 Å². The van der Waals surface area contributed by atoms with Gasteiger partial charge in [-0.05, 0) is 0 Å². The lowest BCUT2D eigenvalue weighted by Crippen LogP contribution is -2.33. The summed E-state index contributed by atoms with van der Waals surface area (Å²) >= 11 is 0. The fraction of sp³-hybridized carbons (Fsp3) is 0.294. The molecule has 0 aliphatic rings. The molecule has 0 fully saturated rings. The van der Waals surface area contributed by atoms with Gasteiger partial charge in [0.05, 0.1) is 11.9 Å².